The molecule has 0 aromatic carbocycles. The van der Waals surface area contributed by atoms with E-state index in [2.05, 4.69) is 17.7 Å². The molecule has 0 aromatic rings. The highest BCUT2D eigenvalue weighted by Gasteiger charge is 2.10. The fourth-order valence-electron chi connectivity index (χ4n) is 0.233. The molecule has 0 aliphatic rings. The highest BCUT2D eigenvalue weighted by Crippen LogP contribution is 2.39. The molecule has 0 unspecified atom stereocenters. The fourth-order valence-corrected chi connectivity index (χ4v) is 0.698. The van der Waals surface area contributed by atoms with E-state index < -0.39 is 8.60 Å². The summed E-state index contributed by atoms with van der Waals surface area (Å²) >= 11 is 0. The largest absolute Gasteiger partial charge is 0.538 e. The summed E-state index contributed by atoms with van der Waals surface area (Å²) in [5.74, 6) is 0. The normalized spacial score (nSPS) is 7.60. The molecule has 0 atom stereocenters. The van der Waals surface area contributed by atoms with Crippen molar-refractivity contribution < 1.29 is 13.6 Å². The van der Waals surface area contributed by atoms with Crippen LogP contribution in [0.2, 0.25) is 0 Å². The first-order valence-corrected chi connectivity index (χ1v) is 3.42. The smallest absolute Gasteiger partial charge is 0.417 e. The maximum absolute atomic E-state index is 4.81. The van der Waals surface area contributed by atoms with Gasteiger partial charge in [-0.25, -0.2) is 0 Å². The van der Waals surface area contributed by atoms with Gasteiger partial charge in [-0.3, -0.25) is 0 Å². The molecule has 3 nitrogen and oxygen atoms in total. The topological polar surface area (TPSA) is 27.7 Å². The van der Waals surface area contributed by atoms with Gasteiger partial charge in [-0.1, -0.05) is 19.6 Å². The molecule has 0 radical (unpaired) electrons. The van der Waals surface area contributed by atoms with Gasteiger partial charge < -0.3 is 13.6 Å². The van der Waals surface area contributed by atoms with Gasteiger partial charge in [0.25, 0.3) is 0 Å². The molecular formula is C6H7O3P. The predicted molar refractivity (Wildman–Crippen MR) is 39.4 cm³/mol. The first-order valence-electron chi connectivity index (χ1n) is 2.33. The Morgan fingerprint density at radius 2 is 1.80 bits per heavy atom. The Balaban J connectivity index is 3.61. The van der Waals surface area contributed by atoms with Crippen molar-refractivity contribution in [2.24, 2.45) is 0 Å². The van der Waals surface area contributed by atoms with Crippen molar-refractivity contribution in [1.82, 2.24) is 0 Å². The van der Waals surface area contributed by atoms with E-state index in [-0.39, 0.29) is 0 Å². The van der Waals surface area contributed by atoms with Gasteiger partial charge in [-0.05, 0) is 0 Å². The molecule has 0 aliphatic carbocycles. The highest BCUT2D eigenvalue weighted by molar-refractivity contribution is 7.42. The zero-order chi connectivity index (χ0) is 7.82. The summed E-state index contributed by atoms with van der Waals surface area (Å²) in [6.45, 7) is 6.59. The maximum atomic E-state index is 4.81. The van der Waals surface area contributed by atoms with E-state index >= 15 is 0 Å². The Bertz CT molecular complexity index is 140. The predicted octanol–water partition coefficient (Wildman–Crippen LogP) is 2.14. The zero-order valence-corrected chi connectivity index (χ0v) is 6.21. The van der Waals surface area contributed by atoms with Crippen molar-refractivity contribution in [3.8, 4) is 12.5 Å². The molecule has 0 amide bonds. The molecular weight excluding hydrogens is 151 g/mol. The molecule has 0 fully saturated rings. The Hall–Kier alpha value is -1.13. The summed E-state index contributed by atoms with van der Waals surface area (Å²) in [4.78, 5) is 0. The number of terminal acetylenes is 1. The van der Waals surface area contributed by atoms with Gasteiger partial charge in [0.1, 0.15) is 6.11 Å². The van der Waals surface area contributed by atoms with Crippen molar-refractivity contribution in [3.63, 3.8) is 0 Å². The lowest BCUT2D eigenvalue weighted by molar-refractivity contribution is 0.316. The Morgan fingerprint density at radius 3 is 2.10 bits per heavy atom. The van der Waals surface area contributed by atoms with Gasteiger partial charge in [0.05, 0.1) is 12.5 Å². The fraction of sp³-hybridized carbons (Fsp3) is 0. The summed E-state index contributed by atoms with van der Waals surface area (Å²) in [7, 11) is -1.53. The lowest BCUT2D eigenvalue weighted by Gasteiger charge is -2.06. The molecule has 0 aliphatic heterocycles. The summed E-state index contributed by atoms with van der Waals surface area (Å²) < 4.78 is 13.9. The number of hydrogen-bond acceptors (Lipinski definition) is 3. The van der Waals surface area contributed by atoms with Crippen LogP contribution in [0, 0.1) is 12.5 Å². The molecule has 54 valence electrons. The van der Waals surface area contributed by atoms with E-state index in [4.69, 9.17) is 15.5 Å². The minimum absolute atomic E-state index is 1.19. The van der Waals surface area contributed by atoms with Crippen molar-refractivity contribution in [2.75, 3.05) is 0 Å². The van der Waals surface area contributed by atoms with Crippen LogP contribution in [0.3, 0.4) is 0 Å². The van der Waals surface area contributed by atoms with Gasteiger partial charge in [0, 0.05) is 0 Å². The minimum atomic E-state index is -1.53. The molecule has 0 bridgehead atoms. The zero-order valence-electron chi connectivity index (χ0n) is 5.32. The van der Waals surface area contributed by atoms with Crippen LogP contribution in [0.25, 0.3) is 0 Å². The third-order valence-electron chi connectivity index (χ3n) is 0.448. The maximum Gasteiger partial charge on any atom is 0.538 e. The van der Waals surface area contributed by atoms with Crippen LogP contribution in [0.1, 0.15) is 0 Å². The minimum Gasteiger partial charge on any atom is -0.417 e. The molecule has 0 saturated heterocycles. The molecule has 0 rings (SSSR count). The summed E-state index contributed by atoms with van der Waals surface area (Å²) in [5, 5.41) is 0. The summed E-state index contributed by atoms with van der Waals surface area (Å²) in [6, 6.07) is 0. The first-order chi connectivity index (χ1) is 4.85. The van der Waals surface area contributed by atoms with Gasteiger partial charge in [-0.2, -0.15) is 0 Å². The van der Waals surface area contributed by atoms with Crippen molar-refractivity contribution in [1.29, 1.82) is 0 Å². The molecule has 4 heteroatoms. The van der Waals surface area contributed by atoms with Crippen LogP contribution < -0.4 is 0 Å². The van der Waals surface area contributed by atoms with Gasteiger partial charge in [-0.15, -0.1) is 0 Å². The SMILES string of the molecule is C#COP(OC=C)OC=C. The molecule has 0 aromatic heterocycles. The molecule has 10 heavy (non-hydrogen) atoms. The van der Waals surface area contributed by atoms with Crippen LogP contribution in [0.4, 0.5) is 0 Å². The molecule has 0 saturated carbocycles. The van der Waals surface area contributed by atoms with Crippen molar-refractivity contribution >= 4 is 8.60 Å². The van der Waals surface area contributed by atoms with Crippen molar-refractivity contribution in [3.05, 3.63) is 25.7 Å². The summed E-state index contributed by atoms with van der Waals surface area (Å²) in [6.07, 6.45) is 9.10. The Labute approximate surface area is 61.3 Å². The Kier molecular flexibility index (Phi) is 5.32. The standard InChI is InChI=1S/C6H7O3P/c1-4-7-10(8-5-2)9-6-3/h1,5-6H,2-3H2. The van der Waals surface area contributed by atoms with E-state index in [1.165, 1.54) is 12.5 Å². The highest BCUT2D eigenvalue weighted by atomic mass is 31.2. The average molecular weight is 158 g/mol. The monoisotopic (exact) mass is 158 g/mol. The van der Waals surface area contributed by atoms with Crippen LogP contribution in [0.15, 0.2) is 25.7 Å². The average Bonchev–Trinajstić information content (AvgIpc) is 1.90. The lowest BCUT2D eigenvalue weighted by atomic mass is 11.2. The number of rotatable bonds is 5. The van der Waals surface area contributed by atoms with E-state index in [1.54, 1.807) is 0 Å². The van der Waals surface area contributed by atoms with Gasteiger partial charge in [0.2, 0.25) is 0 Å². The van der Waals surface area contributed by atoms with E-state index in [0.717, 1.165) is 0 Å². The Morgan fingerprint density at radius 1 is 1.30 bits per heavy atom. The van der Waals surface area contributed by atoms with Crippen LogP contribution in [-0.4, -0.2) is 0 Å². The van der Waals surface area contributed by atoms with E-state index in [1.807, 2.05) is 6.11 Å². The third-order valence-corrected chi connectivity index (χ3v) is 1.35. The molecule has 0 N–H and O–H groups in total. The lowest BCUT2D eigenvalue weighted by Crippen LogP contribution is -1.80. The van der Waals surface area contributed by atoms with E-state index in [0.29, 0.717) is 0 Å². The van der Waals surface area contributed by atoms with Crippen LogP contribution in [-0.2, 0) is 13.6 Å². The van der Waals surface area contributed by atoms with Crippen LogP contribution in [0.5, 0.6) is 0 Å². The van der Waals surface area contributed by atoms with Gasteiger partial charge in [0.15, 0.2) is 0 Å². The van der Waals surface area contributed by atoms with Crippen molar-refractivity contribution in [2.45, 2.75) is 0 Å². The van der Waals surface area contributed by atoms with Gasteiger partial charge >= 0.3 is 8.60 Å². The second-order valence-corrected chi connectivity index (χ2v) is 2.03. The quantitative estimate of drug-likeness (QED) is 0.348. The van der Waals surface area contributed by atoms with Crippen LogP contribution >= 0.6 is 8.60 Å². The number of hydrogen-bond donors (Lipinski definition) is 0. The second-order valence-electron chi connectivity index (χ2n) is 0.977. The third kappa shape index (κ3) is 3.82. The molecule has 0 spiro atoms. The molecule has 0 heterocycles. The summed E-state index contributed by atoms with van der Waals surface area (Å²) in [5.41, 5.74) is 0. The van der Waals surface area contributed by atoms with E-state index in [9.17, 15) is 0 Å². The second kappa shape index (κ2) is 6.00. The first kappa shape index (κ1) is 8.87.